The van der Waals surface area contributed by atoms with E-state index in [2.05, 4.69) is 87.1 Å². The van der Waals surface area contributed by atoms with Crippen LogP contribution in [0.5, 0.6) is 0 Å². The lowest BCUT2D eigenvalue weighted by molar-refractivity contribution is 0.0929. The van der Waals surface area contributed by atoms with Crippen LogP contribution in [-0.2, 0) is 0 Å². The minimum atomic E-state index is -0.388. The maximum Gasteiger partial charge on any atom is 0.307 e. The van der Waals surface area contributed by atoms with Gasteiger partial charge in [-0.15, -0.1) is 0 Å². The summed E-state index contributed by atoms with van der Waals surface area (Å²) in [6, 6.07) is 11.9. The molecule has 1 N–H and O–H groups in total. The number of carbonyl (C=O) groups is 1. The Bertz CT molecular complexity index is 1180. The normalized spacial score (nSPS) is 17.9. The second-order valence-corrected chi connectivity index (χ2v) is 10.4. The summed E-state index contributed by atoms with van der Waals surface area (Å²) in [5.74, 6) is 0.288. The van der Waals surface area contributed by atoms with Gasteiger partial charge in [0.15, 0.2) is 5.76 Å². The topological polar surface area (TPSA) is 57.8 Å². The van der Waals surface area contributed by atoms with E-state index in [1.807, 2.05) is 18.2 Å². The summed E-state index contributed by atoms with van der Waals surface area (Å²) >= 11 is 6.90. The van der Waals surface area contributed by atoms with Crippen molar-refractivity contribution in [2.75, 3.05) is 11.4 Å². The zero-order chi connectivity index (χ0) is 22.3. The molecule has 0 aliphatic carbocycles. The van der Waals surface area contributed by atoms with Gasteiger partial charge >= 0.3 is 5.91 Å². The molecule has 2 aromatic carbocycles. The van der Waals surface area contributed by atoms with Crippen molar-refractivity contribution >= 4 is 60.6 Å². The predicted molar refractivity (Wildman–Crippen MR) is 133 cm³/mol. The quantitative estimate of drug-likeness (QED) is 0.288. The van der Waals surface area contributed by atoms with Gasteiger partial charge in [0.1, 0.15) is 5.58 Å². The third kappa shape index (κ3) is 4.30. The maximum atomic E-state index is 12.5. The minimum Gasteiger partial charge on any atom is -0.450 e. The largest absolute Gasteiger partial charge is 0.450 e. The molecule has 7 heteroatoms. The average molecular weight is 547 g/mol. The molecular weight excluding hydrogens is 522 g/mol. The fourth-order valence-electron chi connectivity index (χ4n) is 4.60. The molecule has 0 spiro atoms. The summed E-state index contributed by atoms with van der Waals surface area (Å²) in [5.41, 5.74) is 6.90. The molecule has 1 amide bonds. The summed E-state index contributed by atoms with van der Waals surface area (Å²) in [4.78, 5) is 14.9. The molecular formula is C24H25Br2N3O2. The fraction of sp³-hybridized carbons (Fsp3) is 0.333. The highest BCUT2D eigenvalue weighted by molar-refractivity contribution is 9.11. The first-order chi connectivity index (χ1) is 14.7. The van der Waals surface area contributed by atoms with Crippen LogP contribution in [0.4, 0.5) is 5.69 Å². The minimum absolute atomic E-state index is 0.141. The van der Waals surface area contributed by atoms with Crippen molar-refractivity contribution in [3.8, 4) is 0 Å². The van der Waals surface area contributed by atoms with Gasteiger partial charge in [-0.05, 0) is 90.5 Å². The van der Waals surface area contributed by atoms with Gasteiger partial charge < -0.3 is 9.32 Å². The molecule has 1 unspecified atom stereocenters. The Kier molecular flexibility index (Phi) is 6.01. The van der Waals surface area contributed by atoms with Gasteiger partial charge in [-0.1, -0.05) is 28.9 Å². The molecule has 0 radical (unpaired) electrons. The van der Waals surface area contributed by atoms with Crippen LogP contribution in [0.25, 0.3) is 11.0 Å². The fourth-order valence-corrected chi connectivity index (χ4v) is 5.94. The Morgan fingerprint density at radius 3 is 2.81 bits per heavy atom. The number of nitrogens with one attached hydrogen (secondary N) is 1. The number of hydrogen-bond donors (Lipinski definition) is 1. The zero-order valence-corrected chi connectivity index (χ0v) is 21.2. The van der Waals surface area contributed by atoms with E-state index < -0.39 is 0 Å². The standard InChI is InChI=1S/C24H25Br2N3O2/c1-5-29-20-7-6-15(8-18(20)14(2)12-24(29,3)4)13-27-28-23(30)21-10-16-9-17(25)11-19(26)22(16)31-21/h6-11,13-14H,5,12H2,1-4H3,(H,28,30)/b27-13-. The highest BCUT2D eigenvalue weighted by atomic mass is 79.9. The van der Waals surface area contributed by atoms with Crippen LogP contribution < -0.4 is 10.3 Å². The van der Waals surface area contributed by atoms with Crippen molar-refractivity contribution in [2.24, 2.45) is 5.10 Å². The van der Waals surface area contributed by atoms with Gasteiger partial charge in [-0.25, -0.2) is 5.43 Å². The first-order valence-electron chi connectivity index (χ1n) is 10.3. The van der Waals surface area contributed by atoms with E-state index in [0.29, 0.717) is 11.5 Å². The summed E-state index contributed by atoms with van der Waals surface area (Å²) in [6.45, 7) is 10.0. The molecule has 1 aromatic heterocycles. The molecule has 1 atom stereocenters. The predicted octanol–water partition coefficient (Wildman–Crippen LogP) is 6.83. The van der Waals surface area contributed by atoms with Crippen molar-refractivity contribution in [1.82, 2.24) is 5.43 Å². The first kappa shape index (κ1) is 22.1. The second-order valence-electron chi connectivity index (χ2n) is 8.60. The molecule has 4 rings (SSSR count). The lowest BCUT2D eigenvalue weighted by atomic mass is 9.79. The first-order valence-corrected chi connectivity index (χ1v) is 11.9. The number of hydrogen-bond acceptors (Lipinski definition) is 4. The van der Waals surface area contributed by atoms with Gasteiger partial charge in [-0.3, -0.25) is 4.79 Å². The van der Waals surface area contributed by atoms with Crippen LogP contribution >= 0.6 is 31.9 Å². The molecule has 1 aliphatic heterocycles. The Morgan fingerprint density at radius 1 is 1.29 bits per heavy atom. The molecule has 1 aliphatic rings. The summed E-state index contributed by atoms with van der Waals surface area (Å²) in [5, 5.41) is 4.99. The van der Waals surface area contributed by atoms with Crippen molar-refractivity contribution in [1.29, 1.82) is 0 Å². The SMILES string of the molecule is CCN1c2ccc(/C=N\NC(=O)c3cc4cc(Br)cc(Br)c4o3)cc2C(C)CC1(C)C. The monoisotopic (exact) mass is 545 g/mol. The number of furan rings is 1. The van der Waals surface area contributed by atoms with E-state index in [1.165, 1.54) is 11.3 Å². The molecule has 3 aromatic rings. The third-order valence-electron chi connectivity index (χ3n) is 5.87. The molecule has 31 heavy (non-hydrogen) atoms. The highest BCUT2D eigenvalue weighted by Gasteiger charge is 2.35. The number of fused-ring (bicyclic) bond motifs is 2. The molecule has 0 saturated carbocycles. The zero-order valence-electron chi connectivity index (χ0n) is 18.0. The number of hydrazone groups is 1. The smallest absolute Gasteiger partial charge is 0.307 e. The Labute approximate surface area is 199 Å². The van der Waals surface area contributed by atoms with E-state index in [0.717, 1.165) is 32.9 Å². The van der Waals surface area contributed by atoms with E-state index >= 15 is 0 Å². The van der Waals surface area contributed by atoms with E-state index in [1.54, 1.807) is 12.3 Å². The highest BCUT2D eigenvalue weighted by Crippen LogP contribution is 2.43. The van der Waals surface area contributed by atoms with Crippen LogP contribution in [0.15, 0.2) is 54.9 Å². The Hall–Kier alpha value is -2.12. The number of carbonyl (C=O) groups excluding carboxylic acids is 1. The lowest BCUT2D eigenvalue weighted by Crippen LogP contribution is -2.48. The molecule has 0 saturated heterocycles. The van der Waals surface area contributed by atoms with Gasteiger partial charge in [0.2, 0.25) is 0 Å². The van der Waals surface area contributed by atoms with Crippen LogP contribution in [-0.4, -0.2) is 24.2 Å². The third-order valence-corrected chi connectivity index (χ3v) is 6.91. The molecule has 5 nitrogen and oxygen atoms in total. The summed E-state index contributed by atoms with van der Waals surface area (Å²) < 4.78 is 7.38. The van der Waals surface area contributed by atoms with Crippen molar-refractivity contribution < 1.29 is 9.21 Å². The van der Waals surface area contributed by atoms with Crippen molar-refractivity contribution in [3.05, 3.63) is 62.2 Å². The number of halogens is 2. The summed E-state index contributed by atoms with van der Waals surface area (Å²) in [6.07, 6.45) is 2.78. The summed E-state index contributed by atoms with van der Waals surface area (Å²) in [7, 11) is 0. The molecule has 0 bridgehead atoms. The van der Waals surface area contributed by atoms with Crippen molar-refractivity contribution in [2.45, 2.75) is 45.6 Å². The number of amides is 1. The van der Waals surface area contributed by atoms with Crippen molar-refractivity contribution in [3.63, 3.8) is 0 Å². The second kappa shape index (κ2) is 8.43. The van der Waals surface area contributed by atoms with E-state index in [9.17, 15) is 4.79 Å². The van der Waals surface area contributed by atoms with Gasteiger partial charge in [0.05, 0.1) is 10.7 Å². The molecule has 2 heterocycles. The average Bonchev–Trinajstić information content (AvgIpc) is 3.12. The lowest BCUT2D eigenvalue weighted by Gasteiger charge is -2.47. The molecule has 0 fully saturated rings. The van der Waals surface area contributed by atoms with Gasteiger partial charge in [0.25, 0.3) is 0 Å². The number of rotatable bonds is 4. The number of nitrogens with zero attached hydrogens (tertiary/aromatic N) is 2. The maximum absolute atomic E-state index is 12.5. The number of benzene rings is 2. The van der Waals surface area contributed by atoms with Gasteiger partial charge in [-0.2, -0.15) is 5.10 Å². The van der Waals surface area contributed by atoms with Crippen LogP contribution in [0.3, 0.4) is 0 Å². The van der Waals surface area contributed by atoms with Crippen LogP contribution in [0.1, 0.15) is 61.7 Å². The Balaban J connectivity index is 1.51. The van der Waals surface area contributed by atoms with Gasteiger partial charge in [0, 0.05) is 27.6 Å². The van der Waals surface area contributed by atoms with E-state index in [4.69, 9.17) is 4.42 Å². The molecule has 162 valence electrons. The van der Waals surface area contributed by atoms with E-state index in [-0.39, 0.29) is 17.2 Å². The Morgan fingerprint density at radius 2 is 2.06 bits per heavy atom. The van der Waals surface area contributed by atoms with Crippen LogP contribution in [0, 0.1) is 0 Å². The number of anilines is 1. The van der Waals surface area contributed by atoms with Crippen LogP contribution in [0.2, 0.25) is 0 Å².